The molecule has 0 spiro atoms. The van der Waals surface area contributed by atoms with E-state index in [0.717, 1.165) is 0 Å². The minimum absolute atomic E-state index is 0.0581. The van der Waals surface area contributed by atoms with Gasteiger partial charge in [-0.25, -0.2) is 0 Å². The monoisotopic (exact) mass is 283 g/mol. The van der Waals surface area contributed by atoms with Crippen molar-refractivity contribution in [2.24, 2.45) is 11.7 Å². The van der Waals surface area contributed by atoms with Gasteiger partial charge in [-0.05, 0) is 46.5 Å². The molecular formula is C15H29N3O2. The zero-order valence-corrected chi connectivity index (χ0v) is 13.6. The Labute approximate surface area is 122 Å². The summed E-state index contributed by atoms with van der Waals surface area (Å²) in [6.07, 6.45) is 1.42. The molecule has 1 rings (SSSR count). The molecule has 1 fully saturated rings. The van der Waals surface area contributed by atoms with Crippen LogP contribution in [-0.4, -0.2) is 40.4 Å². The summed E-state index contributed by atoms with van der Waals surface area (Å²) in [5.74, 6) is -0.648. The number of carbonyl (C=O) groups is 2. The van der Waals surface area contributed by atoms with Crippen LogP contribution >= 0.6 is 0 Å². The smallest absolute Gasteiger partial charge is 0.312 e. The van der Waals surface area contributed by atoms with E-state index >= 15 is 0 Å². The normalized spacial score (nSPS) is 21.9. The van der Waals surface area contributed by atoms with Crippen molar-refractivity contribution in [3.05, 3.63) is 0 Å². The van der Waals surface area contributed by atoms with E-state index in [4.69, 9.17) is 5.73 Å². The van der Waals surface area contributed by atoms with Gasteiger partial charge in [0, 0.05) is 23.7 Å². The lowest BCUT2D eigenvalue weighted by molar-refractivity contribution is -0.159. The molecule has 0 aromatic carbocycles. The number of hydrogen-bond acceptors (Lipinski definition) is 3. The van der Waals surface area contributed by atoms with Crippen LogP contribution in [-0.2, 0) is 9.59 Å². The molecule has 1 saturated heterocycles. The van der Waals surface area contributed by atoms with E-state index in [1.807, 2.05) is 41.5 Å². The van der Waals surface area contributed by atoms with Crippen LogP contribution in [0.25, 0.3) is 0 Å². The van der Waals surface area contributed by atoms with Crippen LogP contribution in [0.1, 0.15) is 54.4 Å². The lowest BCUT2D eigenvalue weighted by Gasteiger charge is -2.54. The van der Waals surface area contributed by atoms with Crippen LogP contribution < -0.4 is 11.1 Å². The van der Waals surface area contributed by atoms with Gasteiger partial charge in [-0.2, -0.15) is 0 Å². The highest BCUT2D eigenvalue weighted by Crippen LogP contribution is 2.37. The van der Waals surface area contributed by atoms with Crippen molar-refractivity contribution in [1.29, 1.82) is 0 Å². The first-order chi connectivity index (χ1) is 8.97. The van der Waals surface area contributed by atoms with Gasteiger partial charge >= 0.3 is 11.8 Å². The highest BCUT2D eigenvalue weighted by atomic mass is 16.2. The molecule has 2 amide bonds. The van der Waals surface area contributed by atoms with Gasteiger partial charge in [-0.3, -0.25) is 9.59 Å². The van der Waals surface area contributed by atoms with Crippen molar-refractivity contribution < 1.29 is 9.59 Å². The first kappa shape index (κ1) is 17.0. The predicted octanol–water partition coefficient (Wildman–Crippen LogP) is 1.27. The summed E-state index contributed by atoms with van der Waals surface area (Å²) in [5, 5.41) is 2.70. The third-order valence-electron chi connectivity index (χ3n) is 3.80. The average molecular weight is 283 g/mol. The molecule has 0 unspecified atom stereocenters. The van der Waals surface area contributed by atoms with Gasteiger partial charge < -0.3 is 16.0 Å². The molecule has 5 heteroatoms. The maximum atomic E-state index is 12.5. The van der Waals surface area contributed by atoms with Crippen LogP contribution in [0.5, 0.6) is 0 Å². The summed E-state index contributed by atoms with van der Waals surface area (Å²) in [5.41, 5.74) is 5.27. The summed E-state index contributed by atoms with van der Waals surface area (Å²) in [6, 6.07) is 0.0581. The van der Waals surface area contributed by atoms with Gasteiger partial charge in [-0.1, -0.05) is 13.8 Å². The summed E-state index contributed by atoms with van der Waals surface area (Å²) < 4.78 is 0. The fourth-order valence-corrected chi connectivity index (χ4v) is 3.38. The number of rotatable bonds is 2. The lowest BCUT2D eigenvalue weighted by Crippen LogP contribution is -2.67. The average Bonchev–Trinajstić information content (AvgIpc) is 2.21. The standard InChI is InChI=1S/C15H29N3O2/c1-10(2)9-17-12(19)13(20)18-14(3,4)7-11(16)8-15(18,5)6/h10-11H,7-9,16H2,1-6H3,(H,17,19). The van der Waals surface area contributed by atoms with Gasteiger partial charge in [0.25, 0.3) is 0 Å². The van der Waals surface area contributed by atoms with E-state index < -0.39 is 22.9 Å². The SMILES string of the molecule is CC(C)CNC(=O)C(=O)N1C(C)(C)CC(N)CC1(C)C. The Morgan fingerprint density at radius 1 is 1.20 bits per heavy atom. The van der Waals surface area contributed by atoms with E-state index in [9.17, 15) is 9.59 Å². The predicted molar refractivity (Wildman–Crippen MR) is 80.1 cm³/mol. The molecule has 0 saturated carbocycles. The van der Waals surface area contributed by atoms with E-state index in [1.54, 1.807) is 4.90 Å². The molecule has 1 aliphatic heterocycles. The largest absolute Gasteiger partial charge is 0.348 e. The highest BCUT2D eigenvalue weighted by Gasteiger charge is 2.48. The number of nitrogens with zero attached hydrogens (tertiary/aromatic N) is 1. The molecule has 0 bridgehead atoms. The fraction of sp³-hybridized carbons (Fsp3) is 0.867. The number of hydrogen-bond donors (Lipinski definition) is 2. The third-order valence-corrected chi connectivity index (χ3v) is 3.80. The molecule has 0 aromatic rings. The van der Waals surface area contributed by atoms with Gasteiger partial charge in [0.15, 0.2) is 0 Å². The molecule has 0 atom stereocenters. The van der Waals surface area contributed by atoms with E-state index in [2.05, 4.69) is 5.32 Å². The first-order valence-corrected chi connectivity index (χ1v) is 7.35. The Morgan fingerprint density at radius 2 is 1.65 bits per heavy atom. The van der Waals surface area contributed by atoms with Crippen molar-refractivity contribution in [2.45, 2.75) is 71.5 Å². The van der Waals surface area contributed by atoms with Crippen molar-refractivity contribution in [3.8, 4) is 0 Å². The first-order valence-electron chi connectivity index (χ1n) is 7.35. The van der Waals surface area contributed by atoms with Crippen molar-refractivity contribution in [2.75, 3.05) is 6.54 Å². The number of amides is 2. The Morgan fingerprint density at radius 3 is 2.05 bits per heavy atom. The fourth-order valence-electron chi connectivity index (χ4n) is 3.38. The van der Waals surface area contributed by atoms with Gasteiger partial charge in [0.05, 0.1) is 0 Å². The number of nitrogens with two attached hydrogens (primary N) is 1. The maximum Gasteiger partial charge on any atom is 0.312 e. The third kappa shape index (κ3) is 3.72. The second-order valence-corrected chi connectivity index (χ2v) is 7.54. The maximum absolute atomic E-state index is 12.5. The van der Waals surface area contributed by atoms with Crippen molar-refractivity contribution in [3.63, 3.8) is 0 Å². The van der Waals surface area contributed by atoms with E-state index in [1.165, 1.54) is 0 Å². The van der Waals surface area contributed by atoms with Gasteiger partial charge in [-0.15, -0.1) is 0 Å². The Balaban J connectivity index is 2.90. The molecule has 0 aromatic heterocycles. The van der Waals surface area contributed by atoms with Crippen LogP contribution in [0.4, 0.5) is 0 Å². The zero-order chi connectivity index (χ0) is 15.7. The summed E-state index contributed by atoms with van der Waals surface area (Å²) >= 11 is 0. The number of piperidine rings is 1. The second kappa shape index (κ2) is 5.72. The van der Waals surface area contributed by atoms with Crippen LogP contribution in [0.2, 0.25) is 0 Å². The Kier molecular flexibility index (Phi) is 4.85. The minimum Gasteiger partial charge on any atom is -0.348 e. The molecule has 3 N–H and O–H groups in total. The van der Waals surface area contributed by atoms with Crippen molar-refractivity contribution >= 4 is 11.8 Å². The molecule has 20 heavy (non-hydrogen) atoms. The Bertz CT molecular complexity index is 371. The number of carbonyl (C=O) groups excluding carboxylic acids is 2. The summed E-state index contributed by atoms with van der Waals surface area (Å²) in [7, 11) is 0. The van der Waals surface area contributed by atoms with Crippen LogP contribution in [0.15, 0.2) is 0 Å². The van der Waals surface area contributed by atoms with E-state index in [-0.39, 0.29) is 6.04 Å². The number of nitrogens with one attached hydrogen (secondary N) is 1. The van der Waals surface area contributed by atoms with E-state index in [0.29, 0.717) is 25.3 Å². The topological polar surface area (TPSA) is 75.4 Å². The van der Waals surface area contributed by atoms with Crippen molar-refractivity contribution in [1.82, 2.24) is 10.2 Å². The molecule has 0 radical (unpaired) electrons. The van der Waals surface area contributed by atoms with Gasteiger partial charge in [0.2, 0.25) is 0 Å². The quantitative estimate of drug-likeness (QED) is 0.749. The van der Waals surface area contributed by atoms with Crippen LogP contribution in [0.3, 0.4) is 0 Å². The Hall–Kier alpha value is -1.10. The lowest BCUT2D eigenvalue weighted by atomic mass is 9.77. The highest BCUT2D eigenvalue weighted by molar-refractivity contribution is 6.35. The van der Waals surface area contributed by atoms with Gasteiger partial charge in [0.1, 0.15) is 0 Å². The summed E-state index contributed by atoms with van der Waals surface area (Å²) in [6.45, 7) is 12.4. The molecule has 1 aliphatic rings. The molecule has 1 heterocycles. The van der Waals surface area contributed by atoms with Crippen LogP contribution in [0, 0.1) is 5.92 Å². The number of likely N-dealkylation sites (tertiary alicyclic amines) is 1. The molecular weight excluding hydrogens is 254 g/mol. The minimum atomic E-state index is -0.518. The molecule has 116 valence electrons. The second-order valence-electron chi connectivity index (χ2n) is 7.54. The summed E-state index contributed by atoms with van der Waals surface area (Å²) in [4.78, 5) is 26.3. The molecule has 0 aliphatic carbocycles. The molecule has 5 nitrogen and oxygen atoms in total. The zero-order valence-electron chi connectivity index (χ0n) is 13.6.